The van der Waals surface area contributed by atoms with Gasteiger partial charge in [-0.1, -0.05) is 23.3 Å². The van der Waals surface area contributed by atoms with Crippen LogP contribution in [0.1, 0.15) is 32.6 Å². The summed E-state index contributed by atoms with van der Waals surface area (Å²) in [5, 5.41) is 9.28. The van der Waals surface area contributed by atoms with Crippen molar-refractivity contribution in [3.05, 3.63) is 23.3 Å². The largest absolute Gasteiger partial charge is 0.324 e. The molecule has 0 aromatic heterocycles. The summed E-state index contributed by atoms with van der Waals surface area (Å²) < 4.78 is 0. The Balaban J connectivity index is 1.85. The third-order valence-electron chi connectivity index (χ3n) is 4.35. The Labute approximate surface area is 96.8 Å². The molecule has 0 spiro atoms. The van der Waals surface area contributed by atoms with Crippen molar-refractivity contribution in [2.24, 2.45) is 23.0 Å². The van der Waals surface area contributed by atoms with Crippen LogP contribution in [0.15, 0.2) is 23.3 Å². The monoisotopic (exact) mass is 214 g/mol. The molecule has 0 saturated heterocycles. The van der Waals surface area contributed by atoms with Crippen molar-refractivity contribution >= 4 is 0 Å². The molecule has 2 fully saturated rings. The molecule has 0 aromatic carbocycles. The van der Waals surface area contributed by atoms with E-state index in [0.717, 1.165) is 19.3 Å². The van der Waals surface area contributed by atoms with Crippen LogP contribution in [0.25, 0.3) is 0 Å². The number of nitrogens with two attached hydrogens (primary N) is 1. The molecule has 3 aliphatic carbocycles. The molecule has 84 valence electrons. The highest BCUT2D eigenvalue weighted by molar-refractivity contribution is 5.41. The summed E-state index contributed by atoms with van der Waals surface area (Å²) in [6.45, 7) is 2.07. The summed E-state index contributed by atoms with van der Waals surface area (Å²) in [5.74, 6) is 1.29. The Kier molecular flexibility index (Phi) is 2.03. The van der Waals surface area contributed by atoms with Crippen molar-refractivity contribution in [1.29, 1.82) is 5.26 Å². The van der Waals surface area contributed by atoms with Crippen LogP contribution in [-0.2, 0) is 0 Å². The van der Waals surface area contributed by atoms with Crippen LogP contribution in [0.3, 0.4) is 0 Å². The zero-order valence-corrected chi connectivity index (χ0v) is 9.74. The summed E-state index contributed by atoms with van der Waals surface area (Å²) >= 11 is 0. The maximum Gasteiger partial charge on any atom is 0.0787 e. The number of hydrogen-bond donors (Lipinski definition) is 1. The van der Waals surface area contributed by atoms with Gasteiger partial charge in [-0.3, -0.25) is 0 Å². The van der Waals surface area contributed by atoms with Crippen molar-refractivity contribution in [2.45, 2.75) is 38.6 Å². The van der Waals surface area contributed by atoms with Crippen LogP contribution in [-0.4, -0.2) is 6.04 Å². The van der Waals surface area contributed by atoms with Gasteiger partial charge in [0.2, 0.25) is 0 Å². The van der Waals surface area contributed by atoms with Crippen molar-refractivity contribution in [1.82, 2.24) is 0 Å². The third kappa shape index (κ3) is 1.35. The average Bonchev–Trinajstić information content (AvgIpc) is 3.11. The average molecular weight is 214 g/mol. The molecule has 3 aliphatic rings. The SMILES string of the molecule is CC(N)C1=CCC=C(C2(C#N)CC2)C2CC12. The highest BCUT2D eigenvalue weighted by Crippen LogP contribution is 2.62. The Morgan fingerprint density at radius 1 is 1.44 bits per heavy atom. The Hall–Kier alpha value is -1.07. The normalized spacial score (nSPS) is 36.1. The predicted molar refractivity (Wildman–Crippen MR) is 63.3 cm³/mol. The molecule has 2 heteroatoms. The Bertz CT molecular complexity index is 419. The van der Waals surface area contributed by atoms with Crippen LogP contribution in [0, 0.1) is 28.6 Å². The van der Waals surface area contributed by atoms with Crippen LogP contribution in [0.4, 0.5) is 0 Å². The van der Waals surface area contributed by atoms with Crippen molar-refractivity contribution in [3.63, 3.8) is 0 Å². The fraction of sp³-hybridized carbons (Fsp3) is 0.643. The smallest absolute Gasteiger partial charge is 0.0787 e. The standard InChI is InChI=1S/C14H18N2/c1-9(16)10-3-2-4-13(12-7-11(10)12)14(8-15)5-6-14/h3-4,9,11-12H,2,5-7,16H2,1H3. The maximum absolute atomic E-state index is 9.28. The predicted octanol–water partition coefficient (Wildman–Crippen LogP) is 2.53. The first kappa shape index (κ1) is 10.1. The second-order valence-corrected chi connectivity index (χ2v) is 5.53. The summed E-state index contributed by atoms with van der Waals surface area (Å²) in [5.41, 5.74) is 8.79. The third-order valence-corrected chi connectivity index (χ3v) is 4.35. The lowest BCUT2D eigenvalue weighted by Crippen LogP contribution is -2.19. The molecule has 16 heavy (non-hydrogen) atoms. The fourth-order valence-electron chi connectivity index (χ4n) is 3.20. The fourth-order valence-corrected chi connectivity index (χ4v) is 3.20. The van der Waals surface area contributed by atoms with E-state index in [9.17, 15) is 5.26 Å². The van der Waals surface area contributed by atoms with Gasteiger partial charge in [-0.15, -0.1) is 0 Å². The van der Waals surface area contributed by atoms with E-state index in [0.29, 0.717) is 11.8 Å². The molecule has 0 heterocycles. The van der Waals surface area contributed by atoms with E-state index < -0.39 is 0 Å². The van der Waals surface area contributed by atoms with Crippen LogP contribution < -0.4 is 5.73 Å². The Morgan fingerprint density at radius 3 is 2.75 bits per heavy atom. The maximum atomic E-state index is 9.28. The lowest BCUT2D eigenvalue weighted by atomic mass is 9.91. The molecule has 0 aliphatic heterocycles. The number of allylic oxidation sites excluding steroid dienone is 3. The molecule has 2 saturated carbocycles. The molecule has 0 amide bonds. The van der Waals surface area contributed by atoms with Gasteiger partial charge < -0.3 is 5.73 Å². The highest BCUT2D eigenvalue weighted by Gasteiger charge is 2.55. The lowest BCUT2D eigenvalue weighted by molar-refractivity contribution is 0.682. The molecule has 3 rings (SSSR count). The zero-order chi connectivity index (χ0) is 11.3. The van der Waals surface area contributed by atoms with Gasteiger partial charge in [-0.25, -0.2) is 0 Å². The van der Waals surface area contributed by atoms with Gasteiger partial charge in [-0.05, 0) is 44.4 Å². The lowest BCUT2D eigenvalue weighted by Gasteiger charge is -2.12. The number of rotatable bonds is 2. The van der Waals surface area contributed by atoms with Crippen LogP contribution in [0.2, 0.25) is 0 Å². The quantitative estimate of drug-likeness (QED) is 0.718. The summed E-state index contributed by atoms with van der Waals surface area (Å²) in [7, 11) is 0. The van der Waals surface area contributed by atoms with Gasteiger partial charge in [0.05, 0.1) is 11.5 Å². The van der Waals surface area contributed by atoms with Crippen LogP contribution >= 0.6 is 0 Å². The molecule has 2 nitrogen and oxygen atoms in total. The van der Waals surface area contributed by atoms with Gasteiger partial charge >= 0.3 is 0 Å². The van der Waals surface area contributed by atoms with Gasteiger partial charge in [-0.2, -0.15) is 5.26 Å². The van der Waals surface area contributed by atoms with E-state index in [1.807, 2.05) is 0 Å². The molecular weight excluding hydrogens is 196 g/mol. The first-order valence-electron chi connectivity index (χ1n) is 6.25. The van der Waals surface area contributed by atoms with Crippen LogP contribution in [0.5, 0.6) is 0 Å². The molecule has 3 unspecified atom stereocenters. The summed E-state index contributed by atoms with van der Waals surface area (Å²) in [6.07, 6.45) is 8.94. The van der Waals surface area contributed by atoms with E-state index >= 15 is 0 Å². The minimum absolute atomic E-state index is 0.0689. The second-order valence-electron chi connectivity index (χ2n) is 5.53. The number of nitrogens with zero attached hydrogens (tertiary/aromatic N) is 1. The Morgan fingerprint density at radius 2 is 2.19 bits per heavy atom. The minimum atomic E-state index is -0.0689. The minimum Gasteiger partial charge on any atom is -0.324 e. The van der Waals surface area contributed by atoms with E-state index in [-0.39, 0.29) is 11.5 Å². The second kappa shape index (κ2) is 3.21. The zero-order valence-electron chi connectivity index (χ0n) is 9.74. The van der Waals surface area contributed by atoms with Gasteiger partial charge in [0.25, 0.3) is 0 Å². The molecule has 0 bridgehead atoms. The number of hydrogen-bond acceptors (Lipinski definition) is 2. The molecule has 2 N–H and O–H groups in total. The number of fused-ring (bicyclic) bond motifs is 1. The van der Waals surface area contributed by atoms with Crippen molar-refractivity contribution < 1.29 is 0 Å². The van der Waals surface area contributed by atoms with Gasteiger partial charge in [0, 0.05) is 6.04 Å². The molecular formula is C14H18N2. The van der Waals surface area contributed by atoms with Gasteiger partial charge in [0.15, 0.2) is 0 Å². The highest BCUT2D eigenvalue weighted by atomic mass is 14.7. The van der Waals surface area contributed by atoms with Crippen molar-refractivity contribution in [2.75, 3.05) is 0 Å². The van der Waals surface area contributed by atoms with Gasteiger partial charge in [0.1, 0.15) is 0 Å². The first-order chi connectivity index (χ1) is 7.68. The summed E-state index contributed by atoms with van der Waals surface area (Å²) in [4.78, 5) is 0. The van der Waals surface area contributed by atoms with E-state index in [1.54, 1.807) is 0 Å². The molecule has 3 atom stereocenters. The molecule has 0 aromatic rings. The van der Waals surface area contributed by atoms with E-state index in [1.165, 1.54) is 17.6 Å². The molecule has 0 radical (unpaired) electrons. The topological polar surface area (TPSA) is 49.8 Å². The summed E-state index contributed by atoms with van der Waals surface area (Å²) in [6, 6.07) is 2.71. The number of nitriles is 1. The van der Waals surface area contributed by atoms with Crippen molar-refractivity contribution in [3.8, 4) is 6.07 Å². The first-order valence-corrected chi connectivity index (χ1v) is 6.25. The van der Waals surface area contributed by atoms with E-state index in [4.69, 9.17) is 5.73 Å². The van der Waals surface area contributed by atoms with E-state index in [2.05, 4.69) is 25.1 Å².